The first-order valence-corrected chi connectivity index (χ1v) is 9.16. The molecule has 25 heavy (non-hydrogen) atoms. The quantitative estimate of drug-likeness (QED) is 0.856. The largest absolute Gasteiger partial charge is 0.316 e. The fourth-order valence-electron chi connectivity index (χ4n) is 2.89. The fraction of sp³-hybridized carbons (Fsp3) is 0.389. The number of anilines is 2. The molecular weight excluding hydrogens is 336 g/mol. The Balaban J connectivity index is 1.73. The maximum absolute atomic E-state index is 12.6. The van der Waals surface area contributed by atoms with Gasteiger partial charge >= 0.3 is 11.8 Å². The summed E-state index contributed by atoms with van der Waals surface area (Å²) in [7, 11) is 2.06. The summed E-state index contributed by atoms with van der Waals surface area (Å²) in [6, 6.07) is 7.56. The lowest BCUT2D eigenvalue weighted by molar-refractivity contribution is -0.134. The maximum Gasteiger partial charge on any atom is 0.316 e. The molecule has 0 atom stereocenters. The highest BCUT2D eigenvalue weighted by molar-refractivity contribution is 7.16. The lowest BCUT2D eigenvalue weighted by Crippen LogP contribution is -2.39. The molecule has 0 unspecified atom stereocenters. The van der Waals surface area contributed by atoms with E-state index in [9.17, 15) is 9.59 Å². The van der Waals surface area contributed by atoms with Crippen molar-refractivity contribution in [1.82, 2.24) is 9.88 Å². The molecule has 0 spiro atoms. The lowest BCUT2D eigenvalue weighted by Gasteiger charge is -2.20. The molecule has 0 saturated carbocycles. The average Bonchev–Trinajstić information content (AvgIpc) is 2.96. The highest BCUT2D eigenvalue weighted by Crippen LogP contribution is 2.27. The standard InChI is InChI=1S/C18H22N4O2S/c1-4-22(13-7-5-6-12(2)10-13)17(24)16(23)20-18-19-14-8-9-21(3)11-15(14)25-18/h5-7,10H,4,8-9,11H2,1-3H3,(H,19,20,23). The van der Waals surface area contributed by atoms with Crippen LogP contribution in [0.1, 0.15) is 23.1 Å². The van der Waals surface area contributed by atoms with Gasteiger partial charge in [-0.05, 0) is 38.6 Å². The Morgan fingerprint density at radius 3 is 2.92 bits per heavy atom. The molecule has 1 aliphatic heterocycles. The zero-order chi connectivity index (χ0) is 18.0. The second-order valence-corrected chi connectivity index (χ2v) is 7.30. The molecule has 1 N–H and O–H groups in total. The van der Waals surface area contributed by atoms with Gasteiger partial charge in [0.2, 0.25) is 0 Å². The van der Waals surface area contributed by atoms with Crippen LogP contribution in [-0.4, -0.2) is 41.8 Å². The molecule has 2 heterocycles. The fourth-order valence-corrected chi connectivity index (χ4v) is 3.97. The third-order valence-corrected chi connectivity index (χ3v) is 5.21. The number of rotatable bonds is 3. The third-order valence-electron chi connectivity index (χ3n) is 4.21. The molecule has 1 aromatic heterocycles. The minimum absolute atomic E-state index is 0.425. The van der Waals surface area contributed by atoms with Crippen LogP contribution in [-0.2, 0) is 22.6 Å². The first-order valence-electron chi connectivity index (χ1n) is 8.34. The van der Waals surface area contributed by atoms with Gasteiger partial charge in [-0.25, -0.2) is 4.98 Å². The lowest BCUT2D eigenvalue weighted by atomic mass is 10.2. The van der Waals surface area contributed by atoms with Crippen molar-refractivity contribution in [3.05, 3.63) is 40.4 Å². The predicted octanol–water partition coefficient (Wildman–Crippen LogP) is 2.43. The van der Waals surface area contributed by atoms with E-state index < -0.39 is 11.8 Å². The van der Waals surface area contributed by atoms with Crippen LogP contribution >= 0.6 is 11.3 Å². The van der Waals surface area contributed by atoms with Gasteiger partial charge in [-0.15, -0.1) is 11.3 Å². The zero-order valence-electron chi connectivity index (χ0n) is 14.7. The van der Waals surface area contributed by atoms with Gasteiger partial charge in [0.1, 0.15) is 0 Å². The van der Waals surface area contributed by atoms with E-state index in [1.54, 1.807) is 0 Å². The number of hydrogen-bond acceptors (Lipinski definition) is 5. The number of nitrogens with one attached hydrogen (secondary N) is 1. The second kappa shape index (κ2) is 7.33. The topological polar surface area (TPSA) is 65.5 Å². The van der Waals surface area contributed by atoms with Crippen molar-refractivity contribution in [2.24, 2.45) is 0 Å². The molecule has 0 bridgehead atoms. The Bertz CT molecular complexity index is 802. The van der Waals surface area contributed by atoms with Crippen LogP contribution in [0.4, 0.5) is 10.8 Å². The number of carbonyl (C=O) groups excluding carboxylic acids is 2. The molecule has 7 heteroatoms. The molecule has 132 valence electrons. The minimum atomic E-state index is -0.650. The number of thiazole rings is 1. The van der Waals surface area contributed by atoms with Crippen molar-refractivity contribution >= 4 is 34.0 Å². The Morgan fingerprint density at radius 2 is 2.20 bits per heavy atom. The number of aryl methyl sites for hydroxylation is 1. The van der Waals surface area contributed by atoms with Gasteiger partial charge in [-0.2, -0.15) is 0 Å². The number of nitrogens with zero attached hydrogens (tertiary/aromatic N) is 3. The minimum Gasteiger partial charge on any atom is -0.304 e. The summed E-state index contributed by atoms with van der Waals surface area (Å²) >= 11 is 1.45. The van der Waals surface area contributed by atoms with Crippen molar-refractivity contribution in [3.8, 4) is 0 Å². The van der Waals surface area contributed by atoms with Crippen LogP contribution in [0.2, 0.25) is 0 Å². The van der Waals surface area contributed by atoms with Gasteiger partial charge in [0.25, 0.3) is 0 Å². The number of carbonyl (C=O) groups is 2. The van der Waals surface area contributed by atoms with Gasteiger partial charge in [0, 0.05) is 36.6 Å². The number of fused-ring (bicyclic) bond motifs is 1. The summed E-state index contributed by atoms with van der Waals surface area (Å²) in [5.41, 5.74) is 2.79. The van der Waals surface area contributed by atoms with Gasteiger partial charge in [-0.1, -0.05) is 12.1 Å². The van der Waals surface area contributed by atoms with E-state index in [2.05, 4.69) is 22.2 Å². The summed E-state index contributed by atoms with van der Waals surface area (Å²) in [4.78, 5) is 34.3. The number of amides is 2. The Morgan fingerprint density at radius 1 is 1.40 bits per heavy atom. The van der Waals surface area contributed by atoms with Crippen LogP contribution in [0.25, 0.3) is 0 Å². The summed E-state index contributed by atoms with van der Waals surface area (Å²) in [6.45, 7) is 6.03. The van der Waals surface area contributed by atoms with Crippen molar-refractivity contribution in [2.75, 3.05) is 30.4 Å². The monoisotopic (exact) mass is 358 g/mol. The predicted molar refractivity (Wildman–Crippen MR) is 100.0 cm³/mol. The summed E-state index contributed by atoms with van der Waals surface area (Å²) < 4.78 is 0. The summed E-state index contributed by atoms with van der Waals surface area (Å²) in [6.07, 6.45) is 0.872. The molecule has 2 amide bonds. The van der Waals surface area contributed by atoms with Crippen LogP contribution in [0.5, 0.6) is 0 Å². The Hall–Kier alpha value is -2.25. The van der Waals surface area contributed by atoms with E-state index in [1.165, 1.54) is 16.2 Å². The number of aromatic nitrogens is 1. The normalized spacial score (nSPS) is 14.0. The van der Waals surface area contributed by atoms with Crippen LogP contribution in [0, 0.1) is 6.92 Å². The van der Waals surface area contributed by atoms with Crippen LogP contribution < -0.4 is 10.2 Å². The molecule has 0 aliphatic carbocycles. The van der Waals surface area contributed by atoms with Crippen molar-refractivity contribution in [1.29, 1.82) is 0 Å². The van der Waals surface area contributed by atoms with Crippen molar-refractivity contribution in [2.45, 2.75) is 26.8 Å². The molecule has 0 saturated heterocycles. The Labute approximate surface area is 151 Å². The molecule has 6 nitrogen and oxygen atoms in total. The second-order valence-electron chi connectivity index (χ2n) is 6.22. The van der Waals surface area contributed by atoms with E-state index >= 15 is 0 Å². The first-order chi connectivity index (χ1) is 12.0. The molecule has 3 rings (SSSR count). The summed E-state index contributed by atoms with van der Waals surface area (Å²) in [5.74, 6) is -1.22. The number of hydrogen-bond donors (Lipinski definition) is 1. The number of likely N-dealkylation sites (N-methyl/N-ethyl adjacent to an activating group) is 2. The molecule has 0 radical (unpaired) electrons. The van der Waals surface area contributed by atoms with E-state index in [1.807, 2.05) is 38.1 Å². The first kappa shape index (κ1) is 17.6. The highest BCUT2D eigenvalue weighted by atomic mass is 32.1. The number of benzene rings is 1. The average molecular weight is 358 g/mol. The van der Waals surface area contributed by atoms with E-state index in [0.717, 1.165) is 41.3 Å². The molecule has 1 aromatic carbocycles. The smallest absolute Gasteiger partial charge is 0.304 e. The van der Waals surface area contributed by atoms with Gasteiger partial charge in [0.15, 0.2) is 5.13 Å². The van der Waals surface area contributed by atoms with Gasteiger partial charge in [-0.3, -0.25) is 14.9 Å². The molecular formula is C18H22N4O2S. The van der Waals surface area contributed by atoms with Gasteiger partial charge < -0.3 is 9.80 Å². The maximum atomic E-state index is 12.6. The van der Waals surface area contributed by atoms with Crippen LogP contribution in [0.3, 0.4) is 0 Å². The molecule has 2 aromatic rings. The van der Waals surface area contributed by atoms with Gasteiger partial charge in [0.05, 0.1) is 5.69 Å². The Kier molecular flexibility index (Phi) is 5.15. The molecule has 0 fully saturated rings. The third kappa shape index (κ3) is 3.88. The zero-order valence-corrected chi connectivity index (χ0v) is 15.5. The van der Waals surface area contributed by atoms with E-state index in [-0.39, 0.29) is 0 Å². The van der Waals surface area contributed by atoms with E-state index in [4.69, 9.17) is 0 Å². The summed E-state index contributed by atoms with van der Waals surface area (Å²) in [5, 5.41) is 3.17. The van der Waals surface area contributed by atoms with Crippen LogP contribution in [0.15, 0.2) is 24.3 Å². The SMILES string of the molecule is CCN(C(=O)C(=O)Nc1nc2c(s1)CN(C)CC2)c1cccc(C)c1. The van der Waals surface area contributed by atoms with Crippen molar-refractivity contribution < 1.29 is 9.59 Å². The van der Waals surface area contributed by atoms with Crippen molar-refractivity contribution in [3.63, 3.8) is 0 Å². The molecule has 1 aliphatic rings. The van der Waals surface area contributed by atoms with E-state index in [0.29, 0.717) is 11.7 Å². The highest BCUT2D eigenvalue weighted by Gasteiger charge is 2.25.